The molecule has 3 unspecified atom stereocenters. The highest BCUT2D eigenvalue weighted by molar-refractivity contribution is 6.73. The van der Waals surface area contributed by atoms with Gasteiger partial charge in [0.1, 0.15) is 0 Å². The largest absolute Gasteiger partial charge is 0.417 e. The number of fused-ring (bicyclic) bond motifs is 1. The van der Waals surface area contributed by atoms with Crippen LogP contribution < -0.4 is 0 Å². The molecule has 0 bridgehead atoms. The van der Waals surface area contributed by atoms with Crippen molar-refractivity contribution in [1.29, 1.82) is 0 Å². The second kappa shape index (κ2) is 9.09. The molecule has 2 heteroatoms. The van der Waals surface area contributed by atoms with Gasteiger partial charge in [-0.15, -0.1) is 0 Å². The molecule has 1 nitrogen and oxygen atoms in total. The lowest BCUT2D eigenvalue weighted by molar-refractivity contribution is 0.0959. The second-order valence-corrected chi connectivity index (χ2v) is 13.7. The summed E-state index contributed by atoms with van der Waals surface area (Å²) in [4.78, 5) is 0. The zero-order chi connectivity index (χ0) is 19.3. The van der Waals surface area contributed by atoms with Crippen LogP contribution in [0.5, 0.6) is 0 Å². The van der Waals surface area contributed by atoms with Crippen molar-refractivity contribution in [2.75, 3.05) is 6.61 Å². The molecule has 0 radical (unpaired) electrons. The monoisotopic (exact) mass is 384 g/mol. The molecule has 0 aromatic heterocycles. The van der Waals surface area contributed by atoms with Crippen LogP contribution in [0.2, 0.25) is 18.1 Å². The molecule has 0 aromatic carbocycles. The summed E-state index contributed by atoms with van der Waals surface area (Å²) < 4.78 is 6.75. The van der Waals surface area contributed by atoms with Gasteiger partial charge in [0, 0.05) is 12.5 Å². The Morgan fingerprint density at radius 3 is 2.33 bits per heavy atom. The number of hydrogen-bond acceptors (Lipinski definition) is 1. The van der Waals surface area contributed by atoms with Crippen LogP contribution in [0.25, 0.3) is 0 Å². The molecule has 3 aliphatic carbocycles. The molecule has 0 saturated heterocycles. The smallest absolute Gasteiger partial charge is 0.191 e. The van der Waals surface area contributed by atoms with Crippen LogP contribution in [0.15, 0.2) is 48.1 Å². The molecule has 1 fully saturated rings. The molecule has 0 N–H and O–H groups in total. The van der Waals surface area contributed by atoms with Crippen LogP contribution >= 0.6 is 0 Å². The predicted molar refractivity (Wildman–Crippen MR) is 120 cm³/mol. The van der Waals surface area contributed by atoms with Gasteiger partial charge >= 0.3 is 0 Å². The van der Waals surface area contributed by atoms with Gasteiger partial charge in [-0.25, -0.2) is 0 Å². The van der Waals surface area contributed by atoms with Gasteiger partial charge in [-0.1, -0.05) is 75.8 Å². The Bertz CT molecular complexity index is 590. The summed E-state index contributed by atoms with van der Waals surface area (Å²) in [5.41, 5.74) is 2.07. The van der Waals surface area contributed by atoms with E-state index in [1.54, 1.807) is 5.57 Å². The number of hydrogen-bond donors (Lipinski definition) is 0. The van der Waals surface area contributed by atoms with Crippen LogP contribution in [-0.2, 0) is 4.43 Å². The van der Waals surface area contributed by atoms with Crippen LogP contribution in [0.3, 0.4) is 0 Å². The summed E-state index contributed by atoms with van der Waals surface area (Å²) in [5.74, 6) is 2.10. The lowest BCUT2D eigenvalue weighted by atomic mass is 9.61. The van der Waals surface area contributed by atoms with Crippen molar-refractivity contribution in [3.63, 3.8) is 0 Å². The zero-order valence-corrected chi connectivity index (χ0v) is 19.0. The standard InChI is InChI=1S/C25H40OSi/c1-5-25(22-14-10-11-15-22,19-20-26-27(6-2,7-3)8-4)24-18-17-21-13-9-12-16-23(21)24/h9-12,14-16,21-22,24H,5-8,13,17-20H2,1-4H3. The van der Waals surface area contributed by atoms with Gasteiger partial charge in [-0.2, -0.15) is 0 Å². The first-order valence-corrected chi connectivity index (χ1v) is 14.0. The average Bonchev–Trinajstić information content (AvgIpc) is 3.40. The maximum absolute atomic E-state index is 6.75. The lowest BCUT2D eigenvalue weighted by Crippen LogP contribution is -2.41. The fourth-order valence-corrected chi connectivity index (χ4v) is 8.74. The van der Waals surface area contributed by atoms with Gasteiger partial charge in [0.15, 0.2) is 8.32 Å². The molecule has 3 atom stereocenters. The van der Waals surface area contributed by atoms with E-state index in [1.165, 1.54) is 50.2 Å². The fraction of sp³-hybridized carbons (Fsp3) is 0.680. The van der Waals surface area contributed by atoms with Crippen molar-refractivity contribution in [3.05, 3.63) is 48.1 Å². The van der Waals surface area contributed by atoms with Crippen molar-refractivity contribution < 1.29 is 4.43 Å². The summed E-state index contributed by atoms with van der Waals surface area (Å²) in [5, 5.41) is 0. The first kappa shape index (κ1) is 20.9. The van der Waals surface area contributed by atoms with E-state index in [4.69, 9.17) is 4.43 Å². The zero-order valence-electron chi connectivity index (χ0n) is 18.0. The first-order valence-electron chi connectivity index (χ1n) is 11.5. The van der Waals surface area contributed by atoms with Crippen molar-refractivity contribution in [2.45, 2.75) is 77.9 Å². The van der Waals surface area contributed by atoms with Gasteiger partial charge < -0.3 is 4.43 Å². The Hall–Kier alpha value is -0.863. The van der Waals surface area contributed by atoms with Crippen LogP contribution in [-0.4, -0.2) is 14.9 Å². The first-order chi connectivity index (χ1) is 13.1. The third-order valence-corrected chi connectivity index (χ3v) is 12.9. The minimum Gasteiger partial charge on any atom is -0.417 e. The summed E-state index contributed by atoms with van der Waals surface area (Å²) >= 11 is 0. The van der Waals surface area contributed by atoms with Crippen molar-refractivity contribution in [3.8, 4) is 0 Å². The Labute approximate surface area is 168 Å². The van der Waals surface area contributed by atoms with Gasteiger partial charge in [0.2, 0.25) is 0 Å². The van der Waals surface area contributed by atoms with Crippen molar-refractivity contribution in [1.82, 2.24) is 0 Å². The minimum absolute atomic E-state index is 0.324. The van der Waals surface area contributed by atoms with E-state index in [9.17, 15) is 0 Å². The third-order valence-electron chi connectivity index (χ3n) is 8.20. The van der Waals surface area contributed by atoms with Crippen LogP contribution in [0.4, 0.5) is 0 Å². The van der Waals surface area contributed by atoms with E-state index in [2.05, 4.69) is 70.2 Å². The fourth-order valence-electron chi connectivity index (χ4n) is 6.09. The molecule has 0 amide bonds. The predicted octanol–water partition coefficient (Wildman–Crippen LogP) is 7.45. The average molecular weight is 385 g/mol. The maximum atomic E-state index is 6.75. The number of rotatable bonds is 10. The summed E-state index contributed by atoms with van der Waals surface area (Å²) in [6.07, 6.45) is 23.0. The highest BCUT2D eigenvalue weighted by Crippen LogP contribution is 2.56. The Morgan fingerprint density at radius 2 is 1.70 bits per heavy atom. The molecule has 0 spiro atoms. The van der Waals surface area contributed by atoms with Gasteiger partial charge in [-0.05, 0) is 67.5 Å². The quantitative estimate of drug-likeness (QED) is 0.355. The molecule has 150 valence electrons. The van der Waals surface area contributed by atoms with Gasteiger partial charge in [0.25, 0.3) is 0 Å². The topological polar surface area (TPSA) is 9.23 Å². The molecule has 0 heterocycles. The molecule has 1 saturated carbocycles. The van der Waals surface area contributed by atoms with E-state index >= 15 is 0 Å². The second-order valence-electron chi connectivity index (χ2n) is 8.88. The van der Waals surface area contributed by atoms with E-state index in [1.807, 2.05) is 0 Å². The number of allylic oxidation sites excluding steroid dienone is 8. The normalized spacial score (nSPS) is 27.0. The summed E-state index contributed by atoms with van der Waals surface area (Å²) in [6.45, 7) is 10.4. The summed E-state index contributed by atoms with van der Waals surface area (Å²) in [6, 6.07) is 3.76. The lowest BCUT2D eigenvalue weighted by Gasteiger charge is -2.44. The Kier molecular flexibility index (Phi) is 7.02. The van der Waals surface area contributed by atoms with E-state index in [-0.39, 0.29) is 0 Å². The van der Waals surface area contributed by atoms with E-state index in [0.717, 1.165) is 18.4 Å². The minimum atomic E-state index is -1.51. The van der Waals surface area contributed by atoms with Crippen LogP contribution in [0.1, 0.15) is 59.8 Å². The molecule has 0 aromatic rings. The molecule has 3 aliphatic rings. The maximum Gasteiger partial charge on any atom is 0.191 e. The molecule has 3 rings (SSSR count). The van der Waals surface area contributed by atoms with E-state index < -0.39 is 8.32 Å². The van der Waals surface area contributed by atoms with Gasteiger partial charge in [0.05, 0.1) is 0 Å². The Morgan fingerprint density at radius 1 is 1.00 bits per heavy atom. The molecular weight excluding hydrogens is 344 g/mol. The van der Waals surface area contributed by atoms with Gasteiger partial charge in [-0.3, -0.25) is 0 Å². The Balaban J connectivity index is 1.83. The molecular formula is C25H40OSi. The molecule has 27 heavy (non-hydrogen) atoms. The summed E-state index contributed by atoms with van der Waals surface area (Å²) in [7, 11) is -1.51. The molecule has 0 aliphatic heterocycles. The van der Waals surface area contributed by atoms with Crippen molar-refractivity contribution >= 4 is 8.32 Å². The SMILES string of the molecule is CCC(CCO[Si](CC)(CC)CC)(C1C=CC=C1)C1CCC2CC=CC=C21. The van der Waals surface area contributed by atoms with Crippen molar-refractivity contribution in [2.24, 2.45) is 23.2 Å². The third kappa shape index (κ3) is 3.98. The highest BCUT2D eigenvalue weighted by atomic mass is 28.4. The van der Waals surface area contributed by atoms with E-state index in [0.29, 0.717) is 11.3 Å². The highest BCUT2D eigenvalue weighted by Gasteiger charge is 2.48. The van der Waals surface area contributed by atoms with Crippen LogP contribution in [0, 0.1) is 23.2 Å².